The molecule has 7 nitrogen and oxygen atoms in total. The molecule has 1 heterocycles. The molecule has 0 aliphatic carbocycles. The lowest BCUT2D eigenvalue weighted by atomic mass is 9.91. The Hall–Kier alpha value is -2.58. The Kier molecular flexibility index (Phi) is 8.02. The summed E-state index contributed by atoms with van der Waals surface area (Å²) in [6.07, 6.45) is 1.70. The van der Waals surface area contributed by atoms with Crippen molar-refractivity contribution < 1.29 is 14.4 Å². The van der Waals surface area contributed by atoms with Crippen molar-refractivity contribution in [1.82, 2.24) is 15.5 Å². The Labute approximate surface area is 207 Å². The number of nitrogens with zero attached hydrogens (tertiary/aromatic N) is 2. The van der Waals surface area contributed by atoms with Crippen molar-refractivity contribution in [3.05, 3.63) is 63.1 Å². The molecule has 2 N–H and O–H groups in total. The monoisotopic (exact) mass is 534 g/mol. The smallest absolute Gasteiger partial charge is 0.332 e. The van der Waals surface area contributed by atoms with Gasteiger partial charge in [-0.1, -0.05) is 39.7 Å². The molecule has 1 aliphatic heterocycles. The average Bonchev–Trinajstić information content (AvgIpc) is 2.94. The zero-order valence-electron chi connectivity index (χ0n) is 19.0. The van der Waals surface area contributed by atoms with Crippen LogP contribution in [0.3, 0.4) is 0 Å². The number of hydrogen-bond acceptors (Lipinski definition) is 3. The van der Waals surface area contributed by atoms with Crippen molar-refractivity contribution in [1.29, 1.82) is 0 Å². The van der Waals surface area contributed by atoms with E-state index < -0.39 is 5.54 Å². The summed E-state index contributed by atoms with van der Waals surface area (Å²) in [5.41, 5.74) is 1.25. The van der Waals surface area contributed by atoms with Gasteiger partial charge in [0.1, 0.15) is 5.54 Å². The van der Waals surface area contributed by atoms with E-state index in [9.17, 15) is 14.4 Å². The molecule has 2 aromatic rings. The Morgan fingerprint density at radius 1 is 1.12 bits per heavy atom. The lowest BCUT2D eigenvalue weighted by molar-refractivity contribution is -0.124. The van der Waals surface area contributed by atoms with E-state index >= 15 is 0 Å². The third-order valence-corrected chi connectivity index (χ3v) is 6.50. The predicted molar refractivity (Wildman–Crippen MR) is 134 cm³/mol. The number of unbranched alkanes of at least 4 members (excludes halogenated alkanes) is 1. The van der Waals surface area contributed by atoms with Crippen molar-refractivity contribution in [3.63, 3.8) is 0 Å². The highest BCUT2D eigenvalue weighted by atomic mass is 79.9. The largest absolute Gasteiger partial charge is 0.341 e. The SMILES string of the molecule is CNC(=O)NCCCCN1C(=O)N(c2cc(C)cc(Cl)c2)C(=O)C1(C)Cc1ccc(Br)cc1. The Morgan fingerprint density at radius 3 is 2.45 bits per heavy atom. The van der Waals surface area contributed by atoms with Crippen LogP contribution in [0.2, 0.25) is 5.02 Å². The van der Waals surface area contributed by atoms with Crippen LogP contribution < -0.4 is 15.5 Å². The first-order chi connectivity index (χ1) is 15.7. The standard InChI is InChI=1S/C24H28BrClN4O3/c1-16-12-19(26)14-20(13-16)30-21(31)24(2,15-17-6-8-18(25)9-7-17)29(23(30)33)11-5-4-10-28-22(32)27-3/h6-9,12-14H,4-5,10-11,15H2,1-3H3,(H2,27,28,32). The molecule has 1 aliphatic rings. The van der Waals surface area contributed by atoms with Crippen molar-refractivity contribution in [3.8, 4) is 0 Å². The summed E-state index contributed by atoms with van der Waals surface area (Å²) >= 11 is 9.66. The zero-order chi connectivity index (χ0) is 24.2. The molecule has 1 saturated heterocycles. The first-order valence-corrected chi connectivity index (χ1v) is 12.0. The van der Waals surface area contributed by atoms with E-state index in [-0.39, 0.29) is 18.0 Å². The fraction of sp³-hybridized carbons (Fsp3) is 0.375. The molecule has 0 bridgehead atoms. The van der Waals surface area contributed by atoms with E-state index in [1.54, 1.807) is 30.1 Å². The van der Waals surface area contributed by atoms with Crippen LogP contribution in [0.4, 0.5) is 15.3 Å². The number of aryl methyl sites for hydroxylation is 1. The summed E-state index contributed by atoms with van der Waals surface area (Å²) in [4.78, 5) is 41.5. The van der Waals surface area contributed by atoms with Gasteiger partial charge in [-0.3, -0.25) is 4.79 Å². The topological polar surface area (TPSA) is 81.8 Å². The van der Waals surface area contributed by atoms with Gasteiger partial charge in [-0.15, -0.1) is 0 Å². The van der Waals surface area contributed by atoms with Gasteiger partial charge in [0.2, 0.25) is 0 Å². The zero-order valence-corrected chi connectivity index (χ0v) is 21.3. The van der Waals surface area contributed by atoms with E-state index in [1.807, 2.05) is 38.1 Å². The number of anilines is 1. The van der Waals surface area contributed by atoms with Gasteiger partial charge < -0.3 is 15.5 Å². The van der Waals surface area contributed by atoms with Crippen molar-refractivity contribution >= 4 is 51.2 Å². The molecule has 9 heteroatoms. The molecular formula is C24H28BrClN4O3. The van der Waals surface area contributed by atoms with Gasteiger partial charge in [-0.2, -0.15) is 0 Å². The summed E-state index contributed by atoms with van der Waals surface area (Å²) in [5.74, 6) is -0.277. The van der Waals surface area contributed by atoms with Crippen molar-refractivity contribution in [2.45, 2.75) is 38.6 Å². The van der Waals surface area contributed by atoms with Crippen LogP contribution in [0.15, 0.2) is 46.9 Å². The first kappa shape index (κ1) is 25.1. The second kappa shape index (κ2) is 10.6. The summed E-state index contributed by atoms with van der Waals surface area (Å²) < 4.78 is 0.946. The van der Waals surface area contributed by atoms with E-state index in [0.717, 1.165) is 15.6 Å². The fourth-order valence-electron chi connectivity index (χ4n) is 4.05. The predicted octanol–water partition coefficient (Wildman–Crippen LogP) is 4.89. The molecule has 1 unspecified atom stereocenters. The molecule has 176 valence electrons. The molecule has 0 radical (unpaired) electrons. The Bertz CT molecular complexity index is 1030. The Balaban J connectivity index is 1.86. The van der Waals surface area contributed by atoms with Crippen LogP contribution in [0.5, 0.6) is 0 Å². The number of amides is 5. The van der Waals surface area contributed by atoms with E-state index in [2.05, 4.69) is 26.6 Å². The lowest BCUT2D eigenvalue weighted by Gasteiger charge is -2.32. The third kappa shape index (κ3) is 5.68. The normalized spacial score (nSPS) is 18.1. The summed E-state index contributed by atoms with van der Waals surface area (Å²) in [6, 6.07) is 12.4. The number of urea groups is 2. The highest BCUT2D eigenvalue weighted by Crippen LogP contribution is 2.36. The summed E-state index contributed by atoms with van der Waals surface area (Å²) in [6.45, 7) is 4.56. The molecule has 5 amide bonds. The van der Waals surface area contributed by atoms with E-state index in [0.29, 0.717) is 43.1 Å². The van der Waals surface area contributed by atoms with E-state index in [4.69, 9.17) is 11.6 Å². The molecule has 0 saturated carbocycles. The number of benzene rings is 2. The Morgan fingerprint density at radius 2 is 1.82 bits per heavy atom. The third-order valence-electron chi connectivity index (χ3n) is 5.75. The minimum atomic E-state index is -1.05. The highest BCUT2D eigenvalue weighted by molar-refractivity contribution is 9.10. The molecule has 33 heavy (non-hydrogen) atoms. The van der Waals surface area contributed by atoms with Crippen LogP contribution in [-0.4, -0.2) is 48.5 Å². The van der Waals surface area contributed by atoms with Crippen LogP contribution in [0.25, 0.3) is 0 Å². The second-order valence-electron chi connectivity index (χ2n) is 8.35. The molecule has 0 spiro atoms. The maximum absolute atomic E-state index is 13.7. The molecular weight excluding hydrogens is 508 g/mol. The minimum absolute atomic E-state index is 0.245. The van der Waals surface area contributed by atoms with Crippen LogP contribution >= 0.6 is 27.5 Å². The number of carbonyl (C=O) groups excluding carboxylic acids is 3. The van der Waals surface area contributed by atoms with Gasteiger partial charge in [0.05, 0.1) is 5.69 Å². The molecule has 0 aromatic heterocycles. The lowest BCUT2D eigenvalue weighted by Crippen LogP contribution is -2.49. The van der Waals surface area contributed by atoms with Crippen molar-refractivity contribution in [2.75, 3.05) is 25.0 Å². The van der Waals surface area contributed by atoms with Gasteiger partial charge in [-0.25, -0.2) is 14.5 Å². The van der Waals surface area contributed by atoms with Gasteiger partial charge in [-0.05, 0) is 68.1 Å². The number of nitrogens with one attached hydrogen (secondary N) is 2. The number of hydrogen-bond donors (Lipinski definition) is 2. The van der Waals surface area contributed by atoms with Gasteiger partial charge >= 0.3 is 12.1 Å². The van der Waals surface area contributed by atoms with Gasteiger partial charge in [0, 0.05) is 36.1 Å². The van der Waals surface area contributed by atoms with Gasteiger partial charge in [0.25, 0.3) is 5.91 Å². The second-order valence-corrected chi connectivity index (χ2v) is 9.70. The number of imide groups is 1. The van der Waals surface area contributed by atoms with Gasteiger partial charge in [0.15, 0.2) is 0 Å². The molecule has 3 rings (SSSR count). The summed E-state index contributed by atoms with van der Waals surface area (Å²) in [5, 5.41) is 5.72. The molecule has 1 atom stereocenters. The number of rotatable bonds is 8. The molecule has 1 fully saturated rings. The van der Waals surface area contributed by atoms with E-state index in [1.165, 1.54) is 4.90 Å². The van der Waals surface area contributed by atoms with Crippen molar-refractivity contribution in [2.24, 2.45) is 0 Å². The quantitative estimate of drug-likeness (QED) is 0.373. The van der Waals surface area contributed by atoms with Crippen LogP contribution in [-0.2, 0) is 11.2 Å². The maximum Gasteiger partial charge on any atom is 0.332 e. The highest BCUT2D eigenvalue weighted by Gasteiger charge is 2.54. The number of halogens is 2. The first-order valence-electron chi connectivity index (χ1n) is 10.8. The maximum atomic E-state index is 13.7. The minimum Gasteiger partial charge on any atom is -0.341 e. The summed E-state index contributed by atoms with van der Waals surface area (Å²) in [7, 11) is 1.56. The molecule has 2 aromatic carbocycles. The van der Waals surface area contributed by atoms with Crippen LogP contribution in [0, 0.1) is 6.92 Å². The fourth-order valence-corrected chi connectivity index (χ4v) is 4.60. The number of carbonyl (C=O) groups is 3. The van der Waals surface area contributed by atoms with Crippen LogP contribution in [0.1, 0.15) is 30.9 Å². The average molecular weight is 536 g/mol.